The van der Waals surface area contributed by atoms with Crippen molar-refractivity contribution in [2.75, 3.05) is 6.61 Å². The van der Waals surface area contributed by atoms with E-state index in [1.54, 1.807) is 6.92 Å². The third kappa shape index (κ3) is 2.37. The fourth-order valence-electron chi connectivity index (χ4n) is 1.94. The summed E-state index contributed by atoms with van der Waals surface area (Å²) in [5.41, 5.74) is -0.581. The first-order valence-corrected chi connectivity index (χ1v) is 5.77. The molecular weight excluding hydrogens is 260 g/mol. The lowest BCUT2D eigenvalue weighted by atomic mass is 10.2. The minimum atomic E-state index is -0.599. The van der Waals surface area contributed by atoms with Gasteiger partial charge in [0.05, 0.1) is 12.7 Å². The van der Waals surface area contributed by atoms with Gasteiger partial charge in [0.2, 0.25) is 0 Å². The van der Waals surface area contributed by atoms with Gasteiger partial charge in [-0.05, 0) is 6.92 Å². The van der Waals surface area contributed by atoms with Crippen molar-refractivity contribution < 1.29 is 14.0 Å². The Balaban J connectivity index is 2.31. The van der Waals surface area contributed by atoms with Gasteiger partial charge in [0.25, 0.3) is 5.56 Å². The van der Waals surface area contributed by atoms with E-state index in [0.717, 1.165) is 0 Å². The number of aromatic amines is 1. The molecular formula is C10H13N2O5S-. The monoisotopic (exact) mass is 273 g/mol. The average molecular weight is 273 g/mol. The van der Waals surface area contributed by atoms with E-state index in [-0.39, 0.29) is 6.61 Å². The summed E-state index contributed by atoms with van der Waals surface area (Å²) in [6.45, 7) is 1.35. The van der Waals surface area contributed by atoms with Crippen LogP contribution in [0.4, 0.5) is 0 Å². The quantitative estimate of drug-likeness (QED) is 0.684. The molecule has 1 fully saturated rings. The van der Waals surface area contributed by atoms with Gasteiger partial charge in [-0.15, -0.1) is 0 Å². The van der Waals surface area contributed by atoms with E-state index < -0.39 is 29.7 Å². The van der Waals surface area contributed by atoms with Crippen molar-refractivity contribution in [3.8, 4) is 0 Å². The van der Waals surface area contributed by atoms with Gasteiger partial charge in [0.1, 0.15) is 12.3 Å². The Bertz CT molecular complexity index is 528. The summed E-state index contributed by atoms with van der Waals surface area (Å²) in [6, 6.07) is 0. The summed E-state index contributed by atoms with van der Waals surface area (Å²) in [4.78, 5) is 25.1. The highest BCUT2D eigenvalue weighted by atomic mass is 32.1. The zero-order chi connectivity index (χ0) is 13.3. The summed E-state index contributed by atoms with van der Waals surface area (Å²) in [7, 11) is 0. The lowest BCUT2D eigenvalue weighted by molar-refractivity contribution is -0.0399. The molecule has 1 aromatic heterocycles. The Morgan fingerprint density at radius 3 is 2.94 bits per heavy atom. The van der Waals surface area contributed by atoms with Crippen molar-refractivity contribution in [1.29, 1.82) is 0 Å². The van der Waals surface area contributed by atoms with E-state index in [4.69, 9.17) is 14.0 Å². The number of hydrogen-bond donors (Lipinski definition) is 2. The second kappa shape index (κ2) is 5.27. The number of aliphatic hydroxyl groups excluding tert-OH is 1. The van der Waals surface area contributed by atoms with Crippen LogP contribution >= 0.6 is 0 Å². The molecule has 2 heterocycles. The summed E-state index contributed by atoms with van der Waals surface area (Å²) in [5, 5.41) is 9.10. The van der Waals surface area contributed by atoms with Crippen LogP contribution < -0.4 is 11.2 Å². The van der Waals surface area contributed by atoms with E-state index in [0.29, 0.717) is 12.0 Å². The molecule has 1 unspecified atom stereocenters. The lowest BCUT2D eigenvalue weighted by Crippen LogP contribution is -2.33. The summed E-state index contributed by atoms with van der Waals surface area (Å²) in [6.07, 6.45) is 0.158. The molecule has 8 heteroatoms. The molecule has 0 bridgehead atoms. The highest BCUT2D eigenvalue weighted by Crippen LogP contribution is 2.29. The third-order valence-corrected chi connectivity index (χ3v) is 3.19. The van der Waals surface area contributed by atoms with Gasteiger partial charge >= 0.3 is 5.69 Å². The molecule has 0 aromatic carbocycles. The largest absolute Gasteiger partial charge is 0.623 e. The van der Waals surface area contributed by atoms with Crippen molar-refractivity contribution in [3.63, 3.8) is 0 Å². The van der Waals surface area contributed by atoms with E-state index in [1.807, 2.05) is 0 Å². The zero-order valence-electron chi connectivity index (χ0n) is 9.66. The highest BCUT2D eigenvalue weighted by molar-refractivity contribution is 7.53. The lowest BCUT2D eigenvalue weighted by Gasteiger charge is -2.20. The third-order valence-electron chi connectivity index (χ3n) is 2.94. The smallest absolute Gasteiger partial charge is 0.330 e. The molecule has 3 atom stereocenters. The van der Waals surface area contributed by atoms with Crippen LogP contribution in [0.1, 0.15) is 18.2 Å². The zero-order valence-corrected chi connectivity index (χ0v) is 10.5. The number of H-pyrrole nitrogens is 1. The Kier molecular flexibility index (Phi) is 3.91. The molecule has 1 aliphatic rings. The van der Waals surface area contributed by atoms with Crippen molar-refractivity contribution >= 4 is 12.9 Å². The number of aryl methyl sites for hydroxylation is 1. The van der Waals surface area contributed by atoms with Crippen LogP contribution in [-0.4, -0.2) is 33.5 Å². The van der Waals surface area contributed by atoms with E-state index in [1.165, 1.54) is 10.8 Å². The minimum absolute atomic E-state index is 0.241. The highest BCUT2D eigenvalue weighted by Gasteiger charge is 2.35. The molecule has 1 aliphatic heterocycles. The van der Waals surface area contributed by atoms with Crippen LogP contribution in [0.25, 0.3) is 0 Å². The topological polar surface area (TPSA) is 93.6 Å². The molecule has 2 N–H and O–H groups in total. The molecule has 100 valence electrons. The van der Waals surface area contributed by atoms with Crippen molar-refractivity contribution in [2.45, 2.75) is 31.8 Å². The number of hydrogen-bond acceptors (Lipinski definition) is 6. The van der Waals surface area contributed by atoms with Crippen LogP contribution in [0.5, 0.6) is 0 Å². The number of aliphatic hydroxyl groups is 1. The fourth-order valence-corrected chi connectivity index (χ4v) is 2.14. The van der Waals surface area contributed by atoms with Gasteiger partial charge in [0.15, 0.2) is 0 Å². The van der Waals surface area contributed by atoms with Gasteiger partial charge in [-0.25, -0.2) is 4.79 Å². The molecule has 1 aromatic rings. The molecule has 18 heavy (non-hydrogen) atoms. The van der Waals surface area contributed by atoms with Crippen LogP contribution in [0.2, 0.25) is 0 Å². The maximum atomic E-state index is 11.7. The maximum Gasteiger partial charge on any atom is 0.330 e. The SMILES string of the molecule is Cc1cn([C@H]2CC(O[S-])[C@@H](CO)O2)c(=O)[nH]c1=O. The summed E-state index contributed by atoms with van der Waals surface area (Å²) in [5.74, 6) is 0. The van der Waals surface area contributed by atoms with E-state index in [2.05, 4.69) is 17.9 Å². The predicted octanol–water partition coefficient (Wildman–Crippen LogP) is -1.03. The van der Waals surface area contributed by atoms with E-state index in [9.17, 15) is 9.59 Å². The molecule has 1 saturated heterocycles. The molecule has 2 rings (SSSR count). The first-order chi connectivity index (χ1) is 8.56. The molecule has 0 aliphatic carbocycles. The van der Waals surface area contributed by atoms with Crippen LogP contribution in [0, 0.1) is 6.92 Å². The molecule has 0 amide bonds. The number of aromatic nitrogens is 2. The molecule has 7 nitrogen and oxygen atoms in total. The Morgan fingerprint density at radius 1 is 1.67 bits per heavy atom. The maximum absolute atomic E-state index is 11.7. The van der Waals surface area contributed by atoms with Gasteiger partial charge < -0.3 is 26.9 Å². The van der Waals surface area contributed by atoms with Gasteiger partial charge in [0, 0.05) is 18.2 Å². The van der Waals surface area contributed by atoms with Gasteiger partial charge in [-0.3, -0.25) is 14.3 Å². The number of nitrogens with one attached hydrogen (secondary N) is 1. The summed E-state index contributed by atoms with van der Waals surface area (Å²) >= 11 is 4.50. The van der Waals surface area contributed by atoms with Crippen LogP contribution in [0.15, 0.2) is 15.8 Å². The molecule has 0 spiro atoms. The predicted molar refractivity (Wildman–Crippen MR) is 63.9 cm³/mol. The van der Waals surface area contributed by atoms with E-state index >= 15 is 0 Å². The number of rotatable bonds is 3. The first kappa shape index (κ1) is 13.3. The molecule has 0 radical (unpaired) electrons. The number of ether oxygens (including phenoxy) is 1. The standard InChI is InChI=1S/C10H14N2O5S/c1-5-3-12(10(15)11-9(5)14)8-2-6(17-18)7(4-13)16-8/h3,6-8,13,18H,2,4H2,1H3,(H,11,14,15)/p-1/t6?,7-,8-/m1/s1. The van der Waals surface area contributed by atoms with Gasteiger partial charge in [-0.2, -0.15) is 0 Å². The second-order valence-corrected chi connectivity index (χ2v) is 4.35. The van der Waals surface area contributed by atoms with Crippen molar-refractivity contribution in [1.82, 2.24) is 9.55 Å². The molecule has 0 saturated carbocycles. The average Bonchev–Trinajstić information content (AvgIpc) is 2.76. The van der Waals surface area contributed by atoms with Crippen LogP contribution in [0.3, 0.4) is 0 Å². The fraction of sp³-hybridized carbons (Fsp3) is 0.600. The normalized spacial score (nSPS) is 27.6. The number of nitrogens with zero attached hydrogens (tertiary/aromatic N) is 1. The Morgan fingerprint density at radius 2 is 2.39 bits per heavy atom. The second-order valence-electron chi connectivity index (χ2n) is 4.16. The first-order valence-electron chi connectivity index (χ1n) is 5.44. The summed E-state index contributed by atoms with van der Waals surface area (Å²) < 4.78 is 11.5. The Labute approximate surface area is 108 Å². The Hall–Kier alpha value is -1.09. The van der Waals surface area contributed by atoms with Crippen molar-refractivity contribution in [2.24, 2.45) is 0 Å². The van der Waals surface area contributed by atoms with Crippen molar-refractivity contribution in [3.05, 3.63) is 32.6 Å². The minimum Gasteiger partial charge on any atom is -0.623 e. The van der Waals surface area contributed by atoms with Crippen LogP contribution in [-0.2, 0) is 21.8 Å². The van der Waals surface area contributed by atoms with Gasteiger partial charge in [-0.1, -0.05) is 0 Å².